The van der Waals surface area contributed by atoms with Gasteiger partial charge in [0, 0.05) is 44.5 Å². The lowest BCUT2D eigenvalue weighted by atomic mass is 10.2. The quantitative estimate of drug-likeness (QED) is 0.139. The third-order valence-electron chi connectivity index (χ3n) is 3.12. The molecule has 8 heteroatoms. The van der Waals surface area contributed by atoms with Crippen molar-refractivity contribution in [3.8, 4) is 0 Å². The van der Waals surface area contributed by atoms with E-state index in [1.165, 1.54) is 25.0 Å². The van der Waals surface area contributed by atoms with Gasteiger partial charge in [0.1, 0.15) is 0 Å². The molecule has 0 aliphatic carbocycles. The van der Waals surface area contributed by atoms with Crippen LogP contribution in [0.5, 0.6) is 0 Å². The van der Waals surface area contributed by atoms with E-state index in [-0.39, 0.29) is 29.7 Å². The number of unbranched alkanes of at least 4 members (excludes halogenated alkanes) is 2. The van der Waals surface area contributed by atoms with Gasteiger partial charge in [0.15, 0.2) is 5.96 Å². The lowest BCUT2D eigenvalue weighted by Gasteiger charge is -2.12. The van der Waals surface area contributed by atoms with Gasteiger partial charge in [-0.25, -0.2) is 0 Å². The van der Waals surface area contributed by atoms with E-state index >= 15 is 0 Å². The van der Waals surface area contributed by atoms with Crippen molar-refractivity contribution in [3.05, 3.63) is 34.4 Å². The Labute approximate surface area is 154 Å². The Hall–Kier alpha value is -1.58. The van der Waals surface area contributed by atoms with Crippen LogP contribution in [-0.2, 0) is 0 Å². The van der Waals surface area contributed by atoms with Crippen LogP contribution in [0.2, 0.25) is 0 Å². The van der Waals surface area contributed by atoms with Gasteiger partial charge in [-0.05, 0) is 18.6 Å². The summed E-state index contributed by atoms with van der Waals surface area (Å²) in [4.78, 5) is 14.3. The van der Waals surface area contributed by atoms with Crippen molar-refractivity contribution in [1.29, 1.82) is 0 Å². The van der Waals surface area contributed by atoms with E-state index in [4.69, 9.17) is 0 Å². The molecule has 3 N–H and O–H groups in total. The Morgan fingerprint density at radius 1 is 1.13 bits per heavy atom. The number of hydrogen-bond acceptors (Lipinski definition) is 4. The van der Waals surface area contributed by atoms with Crippen LogP contribution < -0.4 is 16.0 Å². The van der Waals surface area contributed by atoms with Gasteiger partial charge in [-0.15, -0.1) is 24.0 Å². The van der Waals surface area contributed by atoms with E-state index in [0.29, 0.717) is 13.1 Å². The van der Waals surface area contributed by atoms with E-state index < -0.39 is 4.92 Å². The first-order valence-corrected chi connectivity index (χ1v) is 7.60. The van der Waals surface area contributed by atoms with Crippen LogP contribution >= 0.6 is 24.0 Å². The molecule has 0 aromatic heterocycles. The third kappa shape index (κ3) is 9.22. The van der Waals surface area contributed by atoms with Crippen LogP contribution in [0.4, 0.5) is 11.4 Å². The van der Waals surface area contributed by atoms with Gasteiger partial charge in [0.25, 0.3) is 5.69 Å². The molecule has 0 bridgehead atoms. The largest absolute Gasteiger partial charge is 0.383 e. The van der Waals surface area contributed by atoms with Gasteiger partial charge in [0.05, 0.1) is 4.92 Å². The minimum atomic E-state index is -0.403. The van der Waals surface area contributed by atoms with Gasteiger partial charge in [-0.2, -0.15) is 0 Å². The standard InChI is InChI=1S/C15H25N5O2.HI/c1-3-4-5-10-18-15(16-2)19-12-11-17-13-6-8-14(9-7-13)20(21)22;/h6-9,17H,3-5,10-12H2,1-2H3,(H2,16,18,19);1H. The molecule has 0 aliphatic heterocycles. The molecule has 1 aromatic rings. The minimum Gasteiger partial charge on any atom is -0.383 e. The van der Waals surface area contributed by atoms with E-state index in [1.807, 2.05) is 0 Å². The van der Waals surface area contributed by atoms with Crippen LogP contribution in [0.1, 0.15) is 26.2 Å². The van der Waals surface area contributed by atoms with E-state index in [1.54, 1.807) is 19.2 Å². The van der Waals surface area contributed by atoms with Crippen molar-refractivity contribution in [2.45, 2.75) is 26.2 Å². The van der Waals surface area contributed by atoms with Crippen LogP contribution in [0.3, 0.4) is 0 Å². The average molecular weight is 435 g/mol. The number of nitro benzene ring substituents is 1. The normalized spacial score (nSPS) is 10.6. The number of nitro groups is 1. The van der Waals surface area contributed by atoms with Crippen LogP contribution in [0, 0.1) is 10.1 Å². The van der Waals surface area contributed by atoms with Gasteiger partial charge in [-0.3, -0.25) is 15.1 Å². The molecule has 0 saturated heterocycles. The van der Waals surface area contributed by atoms with Gasteiger partial charge >= 0.3 is 0 Å². The number of hydrogen-bond donors (Lipinski definition) is 3. The van der Waals surface area contributed by atoms with Crippen molar-refractivity contribution in [2.75, 3.05) is 32.0 Å². The Balaban J connectivity index is 0.00000484. The maximum absolute atomic E-state index is 10.6. The molecule has 0 amide bonds. The highest BCUT2D eigenvalue weighted by molar-refractivity contribution is 14.0. The maximum atomic E-state index is 10.6. The van der Waals surface area contributed by atoms with Gasteiger partial charge in [-0.1, -0.05) is 19.8 Å². The number of rotatable bonds is 9. The fourth-order valence-corrected chi connectivity index (χ4v) is 1.89. The zero-order chi connectivity index (χ0) is 16.2. The van der Waals surface area contributed by atoms with E-state index in [0.717, 1.165) is 24.6 Å². The van der Waals surface area contributed by atoms with Crippen molar-refractivity contribution in [1.82, 2.24) is 10.6 Å². The fraction of sp³-hybridized carbons (Fsp3) is 0.533. The SMILES string of the molecule is CCCCCNC(=NC)NCCNc1ccc([N+](=O)[O-])cc1.I. The Kier molecular flexibility index (Phi) is 12.0. The van der Waals surface area contributed by atoms with Crippen molar-refractivity contribution in [3.63, 3.8) is 0 Å². The molecule has 0 unspecified atom stereocenters. The highest BCUT2D eigenvalue weighted by atomic mass is 127. The number of guanidine groups is 1. The first-order valence-electron chi connectivity index (χ1n) is 7.60. The molecule has 0 spiro atoms. The van der Waals surface area contributed by atoms with Crippen molar-refractivity contribution < 1.29 is 4.92 Å². The molecule has 0 fully saturated rings. The van der Waals surface area contributed by atoms with Crippen LogP contribution in [-0.4, -0.2) is 37.6 Å². The summed E-state index contributed by atoms with van der Waals surface area (Å²) in [6.07, 6.45) is 3.55. The summed E-state index contributed by atoms with van der Waals surface area (Å²) >= 11 is 0. The van der Waals surface area contributed by atoms with Gasteiger partial charge in [0.2, 0.25) is 0 Å². The monoisotopic (exact) mass is 435 g/mol. The molecule has 1 rings (SSSR count). The summed E-state index contributed by atoms with van der Waals surface area (Å²) in [6.45, 7) is 4.51. The Morgan fingerprint density at radius 3 is 2.35 bits per heavy atom. The number of benzene rings is 1. The predicted octanol–water partition coefficient (Wildman–Crippen LogP) is 2.98. The predicted molar refractivity (Wildman–Crippen MR) is 106 cm³/mol. The summed E-state index contributed by atoms with van der Waals surface area (Å²) in [5, 5.41) is 20.2. The molecule has 0 saturated carbocycles. The zero-order valence-electron chi connectivity index (χ0n) is 13.7. The molecule has 0 heterocycles. The number of nitrogens with zero attached hydrogens (tertiary/aromatic N) is 2. The number of non-ortho nitro benzene ring substituents is 1. The zero-order valence-corrected chi connectivity index (χ0v) is 16.0. The molecule has 7 nitrogen and oxygen atoms in total. The topological polar surface area (TPSA) is 91.6 Å². The summed E-state index contributed by atoms with van der Waals surface area (Å²) in [6, 6.07) is 6.39. The second kappa shape index (κ2) is 12.9. The number of aliphatic imine (C=N–C) groups is 1. The molecule has 0 atom stereocenters. The van der Waals surface area contributed by atoms with Crippen molar-refractivity contribution in [2.24, 2.45) is 4.99 Å². The Morgan fingerprint density at radius 2 is 1.78 bits per heavy atom. The highest BCUT2D eigenvalue weighted by Crippen LogP contribution is 2.14. The summed E-state index contributed by atoms with van der Waals surface area (Å²) in [5.74, 6) is 0.793. The summed E-state index contributed by atoms with van der Waals surface area (Å²) in [7, 11) is 1.75. The molecule has 1 aromatic carbocycles. The summed E-state index contributed by atoms with van der Waals surface area (Å²) in [5.41, 5.74) is 0.957. The molecular weight excluding hydrogens is 409 g/mol. The lowest BCUT2D eigenvalue weighted by molar-refractivity contribution is -0.384. The van der Waals surface area contributed by atoms with Gasteiger partial charge < -0.3 is 16.0 Å². The summed E-state index contributed by atoms with van der Waals surface area (Å²) < 4.78 is 0. The fourth-order valence-electron chi connectivity index (χ4n) is 1.89. The maximum Gasteiger partial charge on any atom is 0.269 e. The smallest absolute Gasteiger partial charge is 0.269 e. The molecular formula is C15H26IN5O2. The number of nitrogens with one attached hydrogen (secondary N) is 3. The first-order chi connectivity index (χ1) is 10.7. The second-order valence-electron chi connectivity index (χ2n) is 4.86. The third-order valence-corrected chi connectivity index (χ3v) is 3.12. The Bertz CT molecular complexity index is 479. The van der Waals surface area contributed by atoms with E-state index in [9.17, 15) is 10.1 Å². The van der Waals surface area contributed by atoms with E-state index in [2.05, 4.69) is 27.9 Å². The number of halogens is 1. The molecule has 0 radical (unpaired) electrons. The molecule has 130 valence electrons. The lowest BCUT2D eigenvalue weighted by Crippen LogP contribution is -2.39. The minimum absolute atomic E-state index is 0. The average Bonchev–Trinajstić information content (AvgIpc) is 2.53. The first kappa shape index (κ1) is 21.4. The van der Waals surface area contributed by atoms with Crippen LogP contribution in [0.15, 0.2) is 29.3 Å². The second-order valence-corrected chi connectivity index (χ2v) is 4.86. The molecule has 23 heavy (non-hydrogen) atoms. The van der Waals surface area contributed by atoms with Crippen molar-refractivity contribution >= 4 is 41.3 Å². The number of anilines is 1. The highest BCUT2D eigenvalue weighted by Gasteiger charge is 2.03. The van der Waals surface area contributed by atoms with Crippen LogP contribution in [0.25, 0.3) is 0 Å². The molecule has 0 aliphatic rings.